The molecule has 0 aliphatic heterocycles. The van der Waals surface area contributed by atoms with E-state index in [9.17, 15) is 13.2 Å². The Balaban J connectivity index is 2.31. The molecule has 92 valence electrons. The molecule has 0 radical (unpaired) electrons. The van der Waals surface area contributed by atoms with Gasteiger partial charge in [0.25, 0.3) is 0 Å². The van der Waals surface area contributed by atoms with Crippen LogP contribution >= 0.6 is 11.3 Å². The summed E-state index contributed by atoms with van der Waals surface area (Å²) in [6.45, 7) is 0. The molecule has 0 N–H and O–H groups in total. The molecule has 0 spiro atoms. The van der Waals surface area contributed by atoms with E-state index in [-0.39, 0.29) is 5.75 Å². The third-order valence-corrected chi connectivity index (χ3v) is 3.73. The molecule has 1 nitrogen and oxygen atoms in total. The fraction of sp³-hybridized carbons (Fsp3) is 0.0769. The first-order chi connectivity index (χ1) is 8.54. The monoisotopic (exact) mass is 268 g/mol. The first kappa shape index (κ1) is 11.3. The zero-order valence-corrected chi connectivity index (χ0v) is 9.81. The Hall–Kier alpha value is -1.75. The van der Waals surface area contributed by atoms with Crippen LogP contribution in [-0.4, -0.2) is 6.36 Å². The standard InChI is InChI=1S/C13H7F3OS/c14-13(15,16)17-9-5-3-7-11-12(9)8-4-1-2-6-10(8)18-11/h1-7H. The summed E-state index contributed by atoms with van der Waals surface area (Å²) in [6.07, 6.45) is -4.67. The maximum atomic E-state index is 12.4. The van der Waals surface area contributed by atoms with Crippen molar-refractivity contribution in [2.45, 2.75) is 6.36 Å². The molecule has 0 amide bonds. The maximum Gasteiger partial charge on any atom is 0.573 e. The van der Waals surface area contributed by atoms with Gasteiger partial charge in [-0.3, -0.25) is 0 Å². The summed E-state index contributed by atoms with van der Waals surface area (Å²) in [5.74, 6) is -0.141. The summed E-state index contributed by atoms with van der Waals surface area (Å²) in [4.78, 5) is 0. The van der Waals surface area contributed by atoms with E-state index < -0.39 is 6.36 Å². The van der Waals surface area contributed by atoms with E-state index in [1.54, 1.807) is 24.3 Å². The van der Waals surface area contributed by atoms with Crippen LogP contribution in [0.2, 0.25) is 0 Å². The number of fused-ring (bicyclic) bond motifs is 3. The van der Waals surface area contributed by atoms with Crippen LogP contribution < -0.4 is 4.74 Å². The van der Waals surface area contributed by atoms with Crippen LogP contribution in [0.5, 0.6) is 5.75 Å². The van der Waals surface area contributed by atoms with Gasteiger partial charge < -0.3 is 4.74 Å². The van der Waals surface area contributed by atoms with Gasteiger partial charge in [-0.05, 0) is 18.2 Å². The second-order valence-corrected chi connectivity index (χ2v) is 4.86. The lowest BCUT2D eigenvalue weighted by Crippen LogP contribution is -2.17. The van der Waals surface area contributed by atoms with E-state index in [0.717, 1.165) is 14.8 Å². The normalized spacial score (nSPS) is 12.2. The molecular formula is C13H7F3OS. The number of ether oxygens (including phenoxy) is 1. The molecule has 0 unspecified atom stereocenters. The molecule has 0 atom stereocenters. The highest BCUT2D eigenvalue weighted by atomic mass is 32.1. The molecule has 3 rings (SSSR count). The van der Waals surface area contributed by atoms with Gasteiger partial charge in [0.2, 0.25) is 0 Å². The van der Waals surface area contributed by atoms with Gasteiger partial charge in [0.1, 0.15) is 5.75 Å². The van der Waals surface area contributed by atoms with Gasteiger partial charge in [-0.1, -0.05) is 24.3 Å². The van der Waals surface area contributed by atoms with Crippen molar-refractivity contribution in [1.29, 1.82) is 0 Å². The molecule has 5 heteroatoms. The zero-order chi connectivity index (χ0) is 12.8. The van der Waals surface area contributed by atoms with Crippen LogP contribution in [0.3, 0.4) is 0 Å². The number of benzene rings is 2. The Morgan fingerprint density at radius 2 is 1.61 bits per heavy atom. The second-order valence-electron chi connectivity index (χ2n) is 3.78. The number of thiophene rings is 1. The SMILES string of the molecule is FC(F)(F)Oc1cccc2sc3ccccc3c12. The lowest BCUT2D eigenvalue weighted by Gasteiger charge is -2.09. The molecule has 0 aliphatic rings. The van der Waals surface area contributed by atoms with E-state index in [1.165, 1.54) is 17.4 Å². The van der Waals surface area contributed by atoms with Crippen molar-refractivity contribution in [3.63, 3.8) is 0 Å². The lowest BCUT2D eigenvalue weighted by molar-refractivity contribution is -0.274. The Kier molecular flexibility index (Phi) is 2.45. The molecule has 0 saturated carbocycles. The highest BCUT2D eigenvalue weighted by molar-refractivity contribution is 7.25. The molecular weight excluding hydrogens is 261 g/mol. The molecule has 0 saturated heterocycles. The van der Waals surface area contributed by atoms with Gasteiger partial charge in [0.05, 0.1) is 0 Å². The van der Waals surface area contributed by atoms with E-state index >= 15 is 0 Å². The van der Waals surface area contributed by atoms with Gasteiger partial charge in [0.15, 0.2) is 0 Å². The minimum atomic E-state index is -4.67. The van der Waals surface area contributed by atoms with Gasteiger partial charge in [-0.2, -0.15) is 0 Å². The fourth-order valence-electron chi connectivity index (χ4n) is 1.95. The van der Waals surface area contributed by atoms with Crippen molar-refractivity contribution in [3.05, 3.63) is 42.5 Å². The van der Waals surface area contributed by atoms with Crippen LogP contribution in [0.1, 0.15) is 0 Å². The maximum absolute atomic E-state index is 12.4. The quantitative estimate of drug-likeness (QED) is 0.606. The van der Waals surface area contributed by atoms with Gasteiger partial charge in [0, 0.05) is 20.2 Å². The van der Waals surface area contributed by atoms with Crippen molar-refractivity contribution in [2.75, 3.05) is 0 Å². The van der Waals surface area contributed by atoms with Gasteiger partial charge in [-0.25, -0.2) is 0 Å². The van der Waals surface area contributed by atoms with E-state index in [0.29, 0.717) is 5.39 Å². The first-order valence-corrected chi connectivity index (χ1v) is 6.02. The van der Waals surface area contributed by atoms with E-state index in [4.69, 9.17) is 0 Å². The average molecular weight is 268 g/mol. The number of rotatable bonds is 1. The Morgan fingerprint density at radius 1 is 0.889 bits per heavy atom. The van der Waals surface area contributed by atoms with Crippen LogP contribution in [0.25, 0.3) is 20.2 Å². The largest absolute Gasteiger partial charge is 0.573 e. The minimum absolute atomic E-state index is 0.141. The number of alkyl halides is 3. The molecule has 18 heavy (non-hydrogen) atoms. The van der Waals surface area contributed by atoms with Crippen molar-refractivity contribution in [3.8, 4) is 5.75 Å². The Morgan fingerprint density at radius 3 is 2.39 bits per heavy atom. The summed E-state index contributed by atoms with van der Waals surface area (Å²) in [5.41, 5.74) is 0. The Labute approximate surface area is 104 Å². The van der Waals surface area contributed by atoms with Crippen molar-refractivity contribution in [1.82, 2.24) is 0 Å². The molecule has 3 aromatic rings. The summed E-state index contributed by atoms with van der Waals surface area (Å²) in [5, 5.41) is 1.31. The number of hydrogen-bond donors (Lipinski definition) is 0. The zero-order valence-electron chi connectivity index (χ0n) is 8.99. The molecule has 1 aromatic heterocycles. The van der Waals surface area contributed by atoms with Crippen LogP contribution in [-0.2, 0) is 0 Å². The molecule has 0 fully saturated rings. The van der Waals surface area contributed by atoms with Gasteiger partial charge in [-0.15, -0.1) is 24.5 Å². The first-order valence-electron chi connectivity index (χ1n) is 5.20. The van der Waals surface area contributed by atoms with Crippen LogP contribution in [0.15, 0.2) is 42.5 Å². The lowest BCUT2D eigenvalue weighted by atomic mass is 10.1. The predicted molar refractivity (Wildman–Crippen MR) is 66.0 cm³/mol. The Bertz CT molecular complexity index is 715. The van der Waals surface area contributed by atoms with E-state index in [1.807, 2.05) is 12.1 Å². The van der Waals surface area contributed by atoms with Crippen molar-refractivity contribution < 1.29 is 17.9 Å². The average Bonchev–Trinajstić information content (AvgIpc) is 2.66. The summed E-state index contributed by atoms with van der Waals surface area (Å²) >= 11 is 1.45. The number of halogens is 3. The van der Waals surface area contributed by atoms with Gasteiger partial charge >= 0.3 is 6.36 Å². The number of hydrogen-bond acceptors (Lipinski definition) is 2. The highest BCUT2D eigenvalue weighted by Gasteiger charge is 2.32. The third kappa shape index (κ3) is 1.90. The van der Waals surface area contributed by atoms with Crippen molar-refractivity contribution >= 4 is 31.5 Å². The summed E-state index contributed by atoms with van der Waals surface area (Å²) < 4.78 is 42.9. The summed E-state index contributed by atoms with van der Waals surface area (Å²) in [7, 11) is 0. The smallest absolute Gasteiger partial charge is 0.405 e. The second kappa shape index (κ2) is 3.88. The molecule has 0 bridgehead atoms. The topological polar surface area (TPSA) is 9.23 Å². The molecule has 0 aliphatic carbocycles. The van der Waals surface area contributed by atoms with E-state index in [2.05, 4.69) is 4.74 Å². The summed E-state index contributed by atoms with van der Waals surface area (Å²) in [6, 6.07) is 12.1. The predicted octanol–water partition coefficient (Wildman–Crippen LogP) is 4.95. The molecule has 1 heterocycles. The third-order valence-electron chi connectivity index (χ3n) is 2.59. The van der Waals surface area contributed by atoms with Crippen LogP contribution in [0.4, 0.5) is 13.2 Å². The van der Waals surface area contributed by atoms with Crippen molar-refractivity contribution in [2.24, 2.45) is 0 Å². The minimum Gasteiger partial charge on any atom is -0.405 e. The fourth-order valence-corrected chi connectivity index (χ4v) is 3.07. The molecule has 2 aromatic carbocycles. The van der Waals surface area contributed by atoms with Crippen LogP contribution in [0, 0.1) is 0 Å². The highest BCUT2D eigenvalue weighted by Crippen LogP contribution is 2.40.